The number of nitrogens with zero attached hydrogens (tertiary/aromatic N) is 2. The monoisotopic (exact) mass is 1050 g/mol. The Hall–Kier alpha value is -6.87. The Morgan fingerprint density at radius 3 is 2.27 bits per heavy atom. The number of methoxy groups -OCH3 is 2. The molecule has 0 saturated carbocycles. The Morgan fingerprint density at radius 1 is 0.867 bits per heavy atom. The molecule has 4 aliphatic heterocycles. The smallest absolute Gasteiger partial charge is 0.253 e. The Kier molecular flexibility index (Phi) is 16.1. The molecule has 75 heavy (non-hydrogen) atoms. The number of fused-ring (bicyclic) bond motifs is 6. The van der Waals surface area contributed by atoms with Gasteiger partial charge in [0.15, 0.2) is 24.6 Å². The summed E-state index contributed by atoms with van der Waals surface area (Å²) in [7, 11) is 2.82. The van der Waals surface area contributed by atoms with E-state index in [1.807, 2.05) is 0 Å². The van der Waals surface area contributed by atoms with E-state index in [1.165, 1.54) is 39.3 Å². The van der Waals surface area contributed by atoms with Gasteiger partial charge < -0.3 is 70.3 Å². The molecule has 0 spiro atoms. The molecule has 2 aromatic rings. The van der Waals surface area contributed by atoms with Gasteiger partial charge in [0.2, 0.25) is 29.4 Å². The highest BCUT2D eigenvalue weighted by molar-refractivity contribution is 6.31. The number of phenolic OH excluding ortho intramolecular Hbond substituents is 2. The summed E-state index contributed by atoms with van der Waals surface area (Å²) in [5.74, 6) is -8.24. The number of carbonyl (C=O) groups is 9. The number of nitrogens with one attached hydrogen (secondary N) is 5. The highest BCUT2D eigenvalue weighted by Crippen LogP contribution is 2.53. The van der Waals surface area contributed by atoms with Crippen LogP contribution in [0.5, 0.6) is 17.2 Å². The molecule has 10 atom stereocenters. The first kappa shape index (κ1) is 54.4. The van der Waals surface area contributed by atoms with Crippen molar-refractivity contribution in [3.63, 3.8) is 0 Å². The number of aliphatic hydroxyl groups is 1. The van der Waals surface area contributed by atoms with Crippen molar-refractivity contribution in [1.82, 2.24) is 36.4 Å². The SMILES string of the molecule is COc1cccc2c1C(=O)c1c(O)c3c(c(O)c1C2=O)CC(O)(C(=O)NCCNC(=O)CNC(=O)[C@H](C)NC(=O)[C@@H](NC(=O)CCN1C(=O)C=CC1=O)C(C)C)CC3O[C@H]1C[C@H]2[C@H](O[C@@H]3[C@@H](OC)OCCN32)[C@H](C)O1. The number of aromatic hydroxyl groups is 2. The summed E-state index contributed by atoms with van der Waals surface area (Å²) in [6, 6.07) is 1.84. The number of ether oxygens (including phenoxy) is 6. The second-order valence-electron chi connectivity index (χ2n) is 19.5. The van der Waals surface area contributed by atoms with Crippen LogP contribution in [0, 0.1) is 5.92 Å². The van der Waals surface area contributed by atoms with Crippen LogP contribution in [0.25, 0.3) is 0 Å². The van der Waals surface area contributed by atoms with Gasteiger partial charge in [-0.1, -0.05) is 26.0 Å². The maximum absolute atomic E-state index is 14.2. The van der Waals surface area contributed by atoms with E-state index < -0.39 is 156 Å². The van der Waals surface area contributed by atoms with Gasteiger partial charge in [0.1, 0.15) is 41.0 Å². The largest absolute Gasteiger partial charge is 0.507 e. The molecule has 8 N–H and O–H groups in total. The first-order valence-electron chi connectivity index (χ1n) is 24.6. The standard InChI is InChI=1S/C50H61N7O18/c1-22(2)39(55-30(58)12-15-57-32(60)10-11-33(57)61)46(67)54-23(3)45(66)53-21-31(59)51-13-14-52-49(68)50(69)19-26-36(43(65)38-37(41(26)63)40(62)25-8-7-9-28(70-5)35(25)42(38)64)29(20-50)74-34-18-27-44(24(4)73-34)75-47-48(71-6)72-17-16-56(27)47/h7-11,22-24,27,29,34,39,44,47-48,63,65,69H,12-21H2,1-6H3,(H,51,59)(H,52,68)(H,53,66)(H,54,67)(H,55,58)/t23-,24-,27-,29?,34-,39-,44+,47+,48-,50?/m0/s1. The van der Waals surface area contributed by atoms with E-state index in [0.29, 0.717) is 13.2 Å². The fourth-order valence-electron chi connectivity index (χ4n) is 10.4. The lowest BCUT2D eigenvalue weighted by Gasteiger charge is -2.43. The lowest BCUT2D eigenvalue weighted by molar-refractivity contribution is -0.256. The third-order valence-electron chi connectivity index (χ3n) is 14.2. The second kappa shape index (κ2) is 22.1. The normalized spacial score (nSPS) is 26.6. The summed E-state index contributed by atoms with van der Waals surface area (Å²) in [6.45, 7) is 6.17. The summed E-state index contributed by atoms with van der Waals surface area (Å²) in [4.78, 5) is 120. The van der Waals surface area contributed by atoms with Crippen LogP contribution in [0.4, 0.5) is 0 Å². The molecule has 2 aliphatic carbocycles. The number of hydrogen-bond donors (Lipinski definition) is 8. The average Bonchev–Trinajstić information content (AvgIpc) is 3.94. The molecule has 7 amide bonds. The number of rotatable bonds is 18. The van der Waals surface area contributed by atoms with Crippen LogP contribution >= 0.6 is 0 Å². The zero-order chi connectivity index (χ0) is 54.2. The van der Waals surface area contributed by atoms with Gasteiger partial charge >= 0.3 is 0 Å². The molecule has 6 aliphatic rings. The molecular weight excluding hydrogens is 987 g/mol. The van der Waals surface area contributed by atoms with Gasteiger partial charge in [-0.05, 0) is 25.8 Å². The number of hydrogen-bond acceptors (Lipinski definition) is 19. The number of imide groups is 1. The van der Waals surface area contributed by atoms with Gasteiger partial charge in [-0.25, -0.2) is 0 Å². The number of ketones is 2. The minimum atomic E-state index is -2.39. The van der Waals surface area contributed by atoms with Crippen LogP contribution < -0.4 is 31.3 Å². The van der Waals surface area contributed by atoms with Crippen LogP contribution in [0.3, 0.4) is 0 Å². The van der Waals surface area contributed by atoms with E-state index in [-0.39, 0.29) is 66.5 Å². The predicted molar refractivity (Wildman–Crippen MR) is 255 cm³/mol. The molecule has 3 fully saturated rings. The first-order valence-corrected chi connectivity index (χ1v) is 24.6. The van der Waals surface area contributed by atoms with E-state index in [4.69, 9.17) is 28.4 Å². The fraction of sp³-hybridized carbons (Fsp3) is 0.540. The van der Waals surface area contributed by atoms with Crippen LogP contribution in [0.2, 0.25) is 0 Å². The van der Waals surface area contributed by atoms with E-state index in [9.17, 15) is 58.5 Å². The number of carbonyl (C=O) groups excluding carboxylic acids is 9. The summed E-state index contributed by atoms with van der Waals surface area (Å²) in [5, 5.41) is 48.9. The molecule has 8 rings (SSSR count). The third kappa shape index (κ3) is 10.7. The van der Waals surface area contributed by atoms with Crippen LogP contribution in [0.15, 0.2) is 30.4 Å². The molecule has 25 heteroatoms. The van der Waals surface area contributed by atoms with E-state index in [1.54, 1.807) is 20.8 Å². The molecule has 0 bridgehead atoms. The van der Waals surface area contributed by atoms with E-state index in [0.717, 1.165) is 17.1 Å². The minimum absolute atomic E-state index is 0.0602. The van der Waals surface area contributed by atoms with E-state index in [2.05, 4.69) is 31.5 Å². The van der Waals surface area contributed by atoms with Gasteiger partial charge in [0.05, 0.1) is 49.2 Å². The highest BCUT2D eigenvalue weighted by atomic mass is 16.7. The number of benzene rings is 2. The third-order valence-corrected chi connectivity index (χ3v) is 14.2. The molecule has 3 saturated heterocycles. The summed E-state index contributed by atoms with van der Waals surface area (Å²) >= 11 is 0. The van der Waals surface area contributed by atoms with Crippen molar-refractivity contribution in [3.05, 3.63) is 63.7 Å². The van der Waals surface area contributed by atoms with Gasteiger partial charge in [0, 0.05) is 93.9 Å². The molecule has 2 aromatic carbocycles. The van der Waals surface area contributed by atoms with Crippen LogP contribution in [-0.2, 0) is 63.7 Å². The quantitative estimate of drug-likeness (QED) is 0.0407. The Morgan fingerprint density at radius 2 is 1.57 bits per heavy atom. The first-order chi connectivity index (χ1) is 35.7. The topological polar surface area (TPSA) is 336 Å². The van der Waals surface area contributed by atoms with Crippen molar-refractivity contribution in [2.45, 2.75) is 114 Å². The predicted octanol–water partition coefficient (Wildman–Crippen LogP) is -1.54. The van der Waals surface area contributed by atoms with Crippen molar-refractivity contribution in [1.29, 1.82) is 0 Å². The highest BCUT2D eigenvalue weighted by Gasteiger charge is 2.55. The zero-order valence-electron chi connectivity index (χ0n) is 42.1. The van der Waals surface area contributed by atoms with Crippen LogP contribution in [-0.4, -0.2) is 186 Å². The number of morpholine rings is 1. The summed E-state index contributed by atoms with van der Waals surface area (Å²) in [6.07, 6.45) is -3.73. The molecule has 404 valence electrons. The number of amides is 7. The Labute approximate surface area is 429 Å². The minimum Gasteiger partial charge on any atom is -0.507 e. The average molecular weight is 1050 g/mol. The molecule has 25 nitrogen and oxygen atoms in total. The Bertz CT molecular complexity index is 2700. The van der Waals surface area contributed by atoms with Gasteiger partial charge in [-0.15, -0.1) is 0 Å². The van der Waals surface area contributed by atoms with Crippen LogP contribution in [0.1, 0.15) is 96.0 Å². The van der Waals surface area contributed by atoms with Crippen molar-refractivity contribution in [2.75, 3.05) is 53.6 Å². The maximum atomic E-state index is 14.2. The van der Waals surface area contributed by atoms with Crippen molar-refractivity contribution >= 4 is 52.9 Å². The van der Waals surface area contributed by atoms with E-state index >= 15 is 0 Å². The number of phenols is 2. The summed E-state index contributed by atoms with van der Waals surface area (Å²) in [5.41, 5.74) is -4.01. The zero-order valence-corrected chi connectivity index (χ0v) is 42.1. The summed E-state index contributed by atoms with van der Waals surface area (Å²) < 4.78 is 35.9. The molecule has 2 unspecified atom stereocenters. The second-order valence-corrected chi connectivity index (χ2v) is 19.5. The van der Waals surface area contributed by atoms with Crippen molar-refractivity contribution in [2.24, 2.45) is 5.92 Å². The maximum Gasteiger partial charge on any atom is 0.253 e. The van der Waals surface area contributed by atoms with Gasteiger partial charge in [-0.2, -0.15) is 0 Å². The van der Waals surface area contributed by atoms with Crippen molar-refractivity contribution in [3.8, 4) is 17.2 Å². The lowest BCUT2D eigenvalue weighted by Crippen LogP contribution is -2.56. The molecular formula is C50H61N7O18. The molecule has 0 aromatic heterocycles. The Balaban J connectivity index is 0.906. The van der Waals surface area contributed by atoms with Gasteiger partial charge in [-0.3, -0.25) is 53.0 Å². The van der Waals surface area contributed by atoms with Gasteiger partial charge in [0.25, 0.3) is 17.7 Å². The molecule has 4 heterocycles. The van der Waals surface area contributed by atoms with Crippen molar-refractivity contribution < 1.29 is 86.9 Å². The fourth-order valence-corrected chi connectivity index (χ4v) is 10.4. The lowest BCUT2D eigenvalue weighted by atomic mass is 9.72. The molecule has 0 radical (unpaired) electrons.